The number of methoxy groups -OCH3 is 1. The minimum absolute atomic E-state index is 0.133. The predicted octanol–water partition coefficient (Wildman–Crippen LogP) is 2.59. The summed E-state index contributed by atoms with van der Waals surface area (Å²) in [5, 5.41) is 0.792. The first-order chi connectivity index (χ1) is 9.63. The van der Waals surface area contributed by atoms with E-state index in [2.05, 4.69) is 5.92 Å². The van der Waals surface area contributed by atoms with Gasteiger partial charge in [-0.25, -0.2) is 0 Å². The number of carbonyl (C=O) groups excluding carboxylic acids is 1. The normalized spacial score (nSPS) is 10.2. The molecule has 104 valence electrons. The number of anilines is 1. The van der Waals surface area contributed by atoms with E-state index < -0.39 is 0 Å². The van der Waals surface area contributed by atoms with Crippen LogP contribution in [-0.2, 0) is 0 Å². The number of nitrogens with two attached hydrogens (primary N) is 1. The summed E-state index contributed by atoms with van der Waals surface area (Å²) < 4.78 is 6.24. The van der Waals surface area contributed by atoms with E-state index in [-0.39, 0.29) is 12.5 Å². The van der Waals surface area contributed by atoms with E-state index >= 15 is 0 Å². The van der Waals surface area contributed by atoms with Crippen molar-refractivity contribution in [3.8, 4) is 18.1 Å². The van der Waals surface area contributed by atoms with Crippen molar-refractivity contribution in [3.05, 3.63) is 23.1 Å². The largest absolute Gasteiger partial charge is 0.496 e. The van der Waals surface area contributed by atoms with Gasteiger partial charge < -0.3 is 15.4 Å². The molecule has 0 saturated heterocycles. The Hall–Kier alpha value is -2.19. The van der Waals surface area contributed by atoms with Gasteiger partial charge in [-0.15, -0.1) is 17.8 Å². The number of carbonyl (C=O) groups is 1. The molecule has 1 aromatic heterocycles. The molecule has 20 heavy (non-hydrogen) atoms. The summed E-state index contributed by atoms with van der Waals surface area (Å²) >= 11 is 1.37. The fourth-order valence-electron chi connectivity index (χ4n) is 2.05. The number of hydrogen-bond donors (Lipinski definition) is 1. The summed E-state index contributed by atoms with van der Waals surface area (Å²) in [5.74, 6) is 3.03. The van der Waals surface area contributed by atoms with E-state index in [1.807, 2.05) is 25.1 Å². The van der Waals surface area contributed by atoms with E-state index in [9.17, 15) is 4.79 Å². The standard InChI is InChI=1S/C15H16N2O2S/c1-4-9-17(5-2)15(18)14-13(16)12-10(19-3)7-6-8-11(12)20-14/h1,6-8H,5,9,16H2,2-3H3. The van der Waals surface area contributed by atoms with Crippen LogP contribution >= 0.6 is 11.3 Å². The smallest absolute Gasteiger partial charge is 0.266 e. The first kappa shape index (κ1) is 14.2. The third kappa shape index (κ3) is 2.30. The van der Waals surface area contributed by atoms with Gasteiger partial charge in [0.25, 0.3) is 5.91 Å². The fraction of sp³-hybridized carbons (Fsp3) is 0.267. The Bertz CT molecular complexity index is 685. The van der Waals surface area contributed by atoms with Gasteiger partial charge in [0.05, 0.1) is 24.7 Å². The van der Waals surface area contributed by atoms with Crippen LogP contribution in [0, 0.1) is 12.3 Å². The van der Waals surface area contributed by atoms with Crippen LogP contribution in [0.15, 0.2) is 18.2 Å². The summed E-state index contributed by atoms with van der Waals surface area (Å²) in [5.41, 5.74) is 6.60. The molecule has 0 saturated carbocycles. The molecule has 0 atom stereocenters. The molecular formula is C15H16N2O2S. The second-order valence-corrected chi connectivity index (χ2v) is 5.25. The van der Waals surface area contributed by atoms with E-state index in [1.165, 1.54) is 11.3 Å². The molecule has 5 heteroatoms. The minimum atomic E-state index is -0.133. The van der Waals surface area contributed by atoms with Gasteiger partial charge in [0.15, 0.2) is 0 Å². The van der Waals surface area contributed by atoms with Crippen LogP contribution in [0.5, 0.6) is 5.75 Å². The lowest BCUT2D eigenvalue weighted by molar-refractivity contribution is 0.0790. The number of thiophene rings is 1. The molecule has 0 aliphatic heterocycles. The van der Waals surface area contributed by atoms with Crippen LogP contribution < -0.4 is 10.5 Å². The van der Waals surface area contributed by atoms with Crippen LogP contribution in [0.2, 0.25) is 0 Å². The SMILES string of the molecule is C#CCN(CC)C(=O)c1sc2cccc(OC)c2c1N. The molecule has 1 aromatic carbocycles. The predicted molar refractivity (Wildman–Crippen MR) is 83.2 cm³/mol. The number of nitrogens with zero attached hydrogens (tertiary/aromatic N) is 1. The lowest BCUT2D eigenvalue weighted by Gasteiger charge is -2.17. The maximum atomic E-state index is 12.5. The van der Waals surface area contributed by atoms with E-state index in [1.54, 1.807) is 12.0 Å². The Morgan fingerprint density at radius 2 is 2.30 bits per heavy atom. The lowest BCUT2D eigenvalue weighted by Crippen LogP contribution is -2.30. The first-order valence-corrected chi connectivity index (χ1v) is 7.03. The monoisotopic (exact) mass is 288 g/mol. The Labute approximate surface area is 122 Å². The third-order valence-electron chi connectivity index (χ3n) is 3.08. The molecule has 1 amide bonds. The number of benzene rings is 1. The highest BCUT2D eigenvalue weighted by Gasteiger charge is 2.22. The lowest BCUT2D eigenvalue weighted by atomic mass is 10.2. The molecule has 0 fully saturated rings. The molecule has 1 heterocycles. The highest BCUT2D eigenvalue weighted by atomic mass is 32.1. The number of hydrogen-bond acceptors (Lipinski definition) is 4. The number of nitrogen functional groups attached to an aromatic ring is 1. The van der Waals surface area contributed by atoms with Gasteiger partial charge in [-0.05, 0) is 19.1 Å². The molecule has 0 radical (unpaired) electrons. The van der Waals surface area contributed by atoms with Crippen molar-refractivity contribution in [2.75, 3.05) is 25.9 Å². The topological polar surface area (TPSA) is 55.6 Å². The van der Waals surface area contributed by atoms with Crippen LogP contribution in [0.25, 0.3) is 10.1 Å². The van der Waals surface area contributed by atoms with Gasteiger partial charge in [-0.1, -0.05) is 12.0 Å². The molecule has 0 bridgehead atoms. The number of terminal acetylenes is 1. The van der Waals surface area contributed by atoms with Gasteiger partial charge >= 0.3 is 0 Å². The van der Waals surface area contributed by atoms with Gasteiger partial charge in [0, 0.05) is 11.2 Å². The zero-order chi connectivity index (χ0) is 14.7. The molecule has 0 unspecified atom stereocenters. The second kappa shape index (κ2) is 5.85. The summed E-state index contributed by atoms with van der Waals surface area (Å²) in [7, 11) is 1.59. The minimum Gasteiger partial charge on any atom is -0.496 e. The zero-order valence-electron chi connectivity index (χ0n) is 11.5. The van der Waals surface area contributed by atoms with Crippen molar-refractivity contribution in [1.82, 2.24) is 4.90 Å². The summed E-state index contributed by atoms with van der Waals surface area (Å²) in [6, 6.07) is 5.64. The summed E-state index contributed by atoms with van der Waals surface area (Å²) in [6.45, 7) is 2.72. The van der Waals surface area contributed by atoms with Crippen molar-refractivity contribution in [3.63, 3.8) is 0 Å². The van der Waals surface area contributed by atoms with Gasteiger partial charge in [-0.3, -0.25) is 4.79 Å². The van der Waals surface area contributed by atoms with Crippen LogP contribution in [0.3, 0.4) is 0 Å². The number of rotatable bonds is 4. The Kier molecular flexibility index (Phi) is 4.16. The molecule has 0 aliphatic carbocycles. The molecule has 0 spiro atoms. The van der Waals surface area contributed by atoms with E-state index in [4.69, 9.17) is 16.9 Å². The summed E-state index contributed by atoms with van der Waals surface area (Å²) in [6.07, 6.45) is 5.29. The average Bonchev–Trinajstić information content (AvgIpc) is 2.81. The number of ether oxygens (including phenoxy) is 1. The van der Waals surface area contributed by atoms with Gasteiger partial charge in [-0.2, -0.15) is 0 Å². The number of fused-ring (bicyclic) bond motifs is 1. The van der Waals surface area contributed by atoms with Crippen LogP contribution in [-0.4, -0.2) is 31.0 Å². The second-order valence-electron chi connectivity index (χ2n) is 4.20. The zero-order valence-corrected chi connectivity index (χ0v) is 12.3. The van der Waals surface area contributed by atoms with Gasteiger partial charge in [0.2, 0.25) is 0 Å². The van der Waals surface area contributed by atoms with Gasteiger partial charge in [0.1, 0.15) is 10.6 Å². The summed E-state index contributed by atoms with van der Waals surface area (Å²) in [4.78, 5) is 14.6. The van der Waals surface area contributed by atoms with Crippen molar-refractivity contribution in [1.29, 1.82) is 0 Å². The Morgan fingerprint density at radius 1 is 1.55 bits per heavy atom. The molecule has 2 aromatic rings. The van der Waals surface area contributed by atoms with E-state index in [0.717, 1.165) is 10.1 Å². The van der Waals surface area contributed by atoms with Crippen molar-refractivity contribution < 1.29 is 9.53 Å². The molecule has 4 nitrogen and oxygen atoms in total. The molecule has 2 N–H and O–H groups in total. The third-order valence-corrected chi connectivity index (χ3v) is 4.24. The number of amides is 1. The quantitative estimate of drug-likeness (QED) is 0.880. The van der Waals surface area contributed by atoms with Crippen molar-refractivity contribution in [2.45, 2.75) is 6.92 Å². The maximum Gasteiger partial charge on any atom is 0.266 e. The van der Waals surface area contributed by atoms with Crippen LogP contribution in [0.1, 0.15) is 16.6 Å². The highest BCUT2D eigenvalue weighted by Crippen LogP contribution is 2.39. The fourth-order valence-corrected chi connectivity index (χ4v) is 3.16. The Morgan fingerprint density at radius 3 is 2.90 bits per heavy atom. The van der Waals surface area contributed by atoms with E-state index in [0.29, 0.717) is 22.9 Å². The van der Waals surface area contributed by atoms with Crippen molar-refractivity contribution in [2.24, 2.45) is 0 Å². The van der Waals surface area contributed by atoms with Crippen molar-refractivity contribution >= 4 is 33.0 Å². The average molecular weight is 288 g/mol. The Balaban J connectivity index is 2.53. The highest BCUT2D eigenvalue weighted by molar-refractivity contribution is 7.21. The maximum absolute atomic E-state index is 12.5. The molecular weight excluding hydrogens is 272 g/mol. The first-order valence-electron chi connectivity index (χ1n) is 6.21. The van der Waals surface area contributed by atoms with Crippen LogP contribution in [0.4, 0.5) is 5.69 Å². The molecule has 0 aliphatic rings. The molecule has 2 rings (SSSR count).